The average Bonchev–Trinajstić information content (AvgIpc) is 2.78. The summed E-state index contributed by atoms with van der Waals surface area (Å²) in [5.41, 5.74) is 7.41. The number of likely N-dealkylation sites (tertiary alicyclic amines) is 1. The molecule has 9 nitrogen and oxygen atoms in total. The number of nitrogens with zero attached hydrogens (tertiary/aromatic N) is 4. The molecule has 0 spiro atoms. The first kappa shape index (κ1) is 22.0. The summed E-state index contributed by atoms with van der Waals surface area (Å²) in [7, 11) is 0. The number of benzene rings is 1. The number of nitrogens with one attached hydrogen (secondary N) is 1. The molecular formula is C23H28N6O3. The predicted octanol–water partition coefficient (Wildman–Crippen LogP) is 0.766. The van der Waals surface area contributed by atoms with Crippen LogP contribution in [-0.4, -0.2) is 72.7 Å². The van der Waals surface area contributed by atoms with E-state index in [1.54, 1.807) is 12.3 Å². The molecule has 2 amide bonds. The van der Waals surface area contributed by atoms with Crippen LogP contribution in [0.25, 0.3) is 10.9 Å². The van der Waals surface area contributed by atoms with Gasteiger partial charge in [0.15, 0.2) is 6.10 Å². The molecule has 2 aromatic rings. The van der Waals surface area contributed by atoms with Crippen molar-refractivity contribution in [3.63, 3.8) is 0 Å². The van der Waals surface area contributed by atoms with E-state index in [0.717, 1.165) is 37.0 Å². The van der Waals surface area contributed by atoms with Crippen LogP contribution < -0.4 is 16.0 Å². The Morgan fingerprint density at radius 2 is 2.06 bits per heavy atom. The van der Waals surface area contributed by atoms with Crippen LogP contribution in [-0.2, 0) is 14.3 Å². The van der Waals surface area contributed by atoms with Crippen molar-refractivity contribution in [2.24, 2.45) is 5.73 Å². The summed E-state index contributed by atoms with van der Waals surface area (Å²) in [6.45, 7) is 4.74. The molecule has 0 aliphatic carbocycles. The van der Waals surface area contributed by atoms with Gasteiger partial charge in [0.1, 0.15) is 6.07 Å². The molecule has 4 rings (SSSR count). The van der Waals surface area contributed by atoms with E-state index < -0.39 is 6.10 Å². The molecular weight excluding hydrogens is 408 g/mol. The molecule has 32 heavy (non-hydrogen) atoms. The van der Waals surface area contributed by atoms with E-state index in [-0.39, 0.29) is 30.5 Å². The summed E-state index contributed by atoms with van der Waals surface area (Å²) in [5, 5.41) is 13.4. The van der Waals surface area contributed by atoms with Crippen LogP contribution in [0.2, 0.25) is 0 Å². The third-order valence-electron chi connectivity index (χ3n) is 6.07. The molecule has 168 valence electrons. The Balaban J connectivity index is 1.44. The number of rotatable bonds is 5. The van der Waals surface area contributed by atoms with Gasteiger partial charge in [0, 0.05) is 42.9 Å². The van der Waals surface area contributed by atoms with Crippen LogP contribution in [0, 0.1) is 11.3 Å². The highest BCUT2D eigenvalue weighted by atomic mass is 16.5. The normalized spacial score (nSPS) is 22.4. The first-order valence-electron chi connectivity index (χ1n) is 10.9. The van der Waals surface area contributed by atoms with Crippen LogP contribution >= 0.6 is 0 Å². The van der Waals surface area contributed by atoms with Gasteiger partial charge in [-0.2, -0.15) is 5.26 Å². The molecule has 2 aliphatic rings. The number of hydrogen-bond acceptors (Lipinski definition) is 7. The summed E-state index contributed by atoms with van der Waals surface area (Å²) in [5.74, 6) is -0.450. The fourth-order valence-corrected chi connectivity index (χ4v) is 4.57. The lowest BCUT2D eigenvalue weighted by Crippen LogP contribution is -2.55. The van der Waals surface area contributed by atoms with Gasteiger partial charge in [-0.1, -0.05) is 0 Å². The Bertz CT molecular complexity index is 1040. The highest BCUT2D eigenvalue weighted by molar-refractivity contribution is 5.95. The molecule has 2 saturated heterocycles. The van der Waals surface area contributed by atoms with Gasteiger partial charge in [0.25, 0.3) is 5.91 Å². The third kappa shape index (κ3) is 4.82. The number of nitriles is 1. The van der Waals surface area contributed by atoms with Crippen LogP contribution in [0.15, 0.2) is 30.5 Å². The quantitative estimate of drug-likeness (QED) is 0.709. The van der Waals surface area contributed by atoms with Gasteiger partial charge in [-0.25, -0.2) is 0 Å². The summed E-state index contributed by atoms with van der Waals surface area (Å²) in [6, 6.07) is 9.76. The van der Waals surface area contributed by atoms with Crippen LogP contribution in [0.5, 0.6) is 0 Å². The van der Waals surface area contributed by atoms with Crippen molar-refractivity contribution < 1.29 is 14.3 Å². The maximum Gasteiger partial charge on any atom is 0.251 e. The summed E-state index contributed by atoms with van der Waals surface area (Å²) in [4.78, 5) is 32.6. The number of pyridine rings is 1. The summed E-state index contributed by atoms with van der Waals surface area (Å²) in [6.07, 6.45) is 2.51. The summed E-state index contributed by atoms with van der Waals surface area (Å²) >= 11 is 0. The second kappa shape index (κ2) is 9.51. The second-order valence-corrected chi connectivity index (χ2v) is 8.51. The maximum absolute atomic E-state index is 13.0. The van der Waals surface area contributed by atoms with Crippen molar-refractivity contribution in [2.45, 2.75) is 38.0 Å². The van der Waals surface area contributed by atoms with E-state index in [2.05, 4.69) is 21.3 Å². The first-order chi connectivity index (χ1) is 15.4. The minimum atomic E-state index is -0.593. The predicted molar refractivity (Wildman–Crippen MR) is 120 cm³/mol. The fourth-order valence-electron chi connectivity index (χ4n) is 4.57. The molecule has 2 unspecified atom stereocenters. The second-order valence-electron chi connectivity index (χ2n) is 8.51. The molecule has 1 aromatic carbocycles. The van der Waals surface area contributed by atoms with E-state index in [1.807, 2.05) is 30.0 Å². The SMILES string of the molecule is CC1CN(c2ccc(C#N)c3ncccc23)CC(C(=O)NC2CCN(CC(N)=O)CC2)O1. The topological polar surface area (TPSA) is 125 Å². The van der Waals surface area contributed by atoms with Crippen molar-refractivity contribution in [2.75, 3.05) is 37.6 Å². The van der Waals surface area contributed by atoms with Gasteiger partial charge in [-0.3, -0.25) is 19.5 Å². The van der Waals surface area contributed by atoms with E-state index in [0.29, 0.717) is 24.2 Å². The lowest BCUT2D eigenvalue weighted by atomic mass is 10.0. The zero-order valence-corrected chi connectivity index (χ0v) is 18.2. The number of carbonyl (C=O) groups excluding carboxylic acids is 2. The zero-order valence-electron chi connectivity index (χ0n) is 18.2. The number of morpholine rings is 1. The molecule has 2 fully saturated rings. The third-order valence-corrected chi connectivity index (χ3v) is 6.07. The van der Waals surface area contributed by atoms with Gasteiger partial charge >= 0.3 is 0 Å². The highest BCUT2D eigenvalue weighted by Gasteiger charge is 2.33. The van der Waals surface area contributed by atoms with Crippen molar-refractivity contribution >= 4 is 28.4 Å². The Morgan fingerprint density at radius 3 is 2.78 bits per heavy atom. The van der Waals surface area contributed by atoms with Crippen molar-refractivity contribution in [3.8, 4) is 6.07 Å². The van der Waals surface area contributed by atoms with Gasteiger partial charge < -0.3 is 20.7 Å². The number of anilines is 1. The zero-order chi connectivity index (χ0) is 22.7. The molecule has 9 heteroatoms. The van der Waals surface area contributed by atoms with Crippen molar-refractivity contribution in [1.29, 1.82) is 5.26 Å². The number of hydrogen-bond donors (Lipinski definition) is 2. The molecule has 0 bridgehead atoms. The van der Waals surface area contributed by atoms with E-state index in [9.17, 15) is 14.9 Å². The lowest BCUT2D eigenvalue weighted by molar-refractivity contribution is -0.138. The molecule has 0 radical (unpaired) electrons. The molecule has 1 aromatic heterocycles. The number of fused-ring (bicyclic) bond motifs is 1. The number of piperidine rings is 1. The first-order valence-corrected chi connectivity index (χ1v) is 10.9. The average molecular weight is 437 g/mol. The number of carbonyl (C=O) groups is 2. The monoisotopic (exact) mass is 436 g/mol. The highest BCUT2D eigenvalue weighted by Crippen LogP contribution is 2.30. The Labute approximate surface area is 187 Å². The van der Waals surface area contributed by atoms with Crippen LogP contribution in [0.3, 0.4) is 0 Å². The number of primary amides is 1. The minimum absolute atomic E-state index is 0.0563. The molecule has 2 aliphatic heterocycles. The number of ether oxygens (including phenoxy) is 1. The van der Waals surface area contributed by atoms with Crippen molar-refractivity contribution in [1.82, 2.24) is 15.2 Å². The lowest BCUT2D eigenvalue weighted by Gasteiger charge is -2.39. The maximum atomic E-state index is 13.0. The Kier molecular flexibility index (Phi) is 6.53. The van der Waals surface area contributed by atoms with E-state index in [4.69, 9.17) is 10.5 Å². The van der Waals surface area contributed by atoms with Crippen molar-refractivity contribution in [3.05, 3.63) is 36.0 Å². The molecule has 3 N–H and O–H groups in total. The number of amides is 2. The van der Waals surface area contributed by atoms with Gasteiger partial charge in [-0.05, 0) is 44.0 Å². The van der Waals surface area contributed by atoms with Crippen LogP contribution in [0.1, 0.15) is 25.3 Å². The van der Waals surface area contributed by atoms with Gasteiger partial charge in [-0.15, -0.1) is 0 Å². The minimum Gasteiger partial charge on any atom is -0.369 e. The van der Waals surface area contributed by atoms with E-state index in [1.165, 1.54) is 0 Å². The smallest absolute Gasteiger partial charge is 0.251 e. The summed E-state index contributed by atoms with van der Waals surface area (Å²) < 4.78 is 5.98. The standard InChI is InChI=1S/C23H28N6O3/c1-15-12-29(19-5-4-16(11-24)22-18(19)3-2-8-26-22)13-20(32-15)23(31)27-17-6-9-28(10-7-17)14-21(25)30/h2-5,8,15,17,20H,6-7,9-10,12-14H2,1H3,(H2,25,30)(H,27,31). The van der Waals surface area contributed by atoms with Gasteiger partial charge in [0.05, 0.1) is 30.3 Å². The molecule has 2 atom stereocenters. The molecule has 3 heterocycles. The van der Waals surface area contributed by atoms with Crippen LogP contribution in [0.4, 0.5) is 5.69 Å². The van der Waals surface area contributed by atoms with E-state index >= 15 is 0 Å². The Morgan fingerprint density at radius 1 is 1.28 bits per heavy atom. The number of aromatic nitrogens is 1. The largest absolute Gasteiger partial charge is 0.369 e. The Hall–Kier alpha value is -3.22. The molecule has 0 saturated carbocycles. The number of nitrogens with two attached hydrogens (primary N) is 1. The van der Waals surface area contributed by atoms with Gasteiger partial charge in [0.2, 0.25) is 5.91 Å². The fraction of sp³-hybridized carbons (Fsp3) is 0.478.